The number of benzene rings is 2. The smallest absolute Gasteiger partial charge is 0.339 e. The Kier molecular flexibility index (Phi) is 5.11. The summed E-state index contributed by atoms with van der Waals surface area (Å²) in [6.07, 6.45) is 2.02. The molecule has 21 heavy (non-hydrogen) atoms. The van der Waals surface area contributed by atoms with Crippen LogP contribution in [0.15, 0.2) is 47.4 Å². The van der Waals surface area contributed by atoms with Gasteiger partial charge in [0, 0.05) is 4.90 Å². The number of hydrogen-bond donors (Lipinski definition) is 1. The molecule has 5 heteroatoms. The Morgan fingerprint density at radius 2 is 1.90 bits per heavy atom. The minimum atomic E-state index is -1.01. The fourth-order valence-corrected chi connectivity index (χ4v) is 2.25. The Balaban J connectivity index is 2.07. The molecular weight excluding hydrogens is 288 g/mol. The average Bonchev–Trinajstić information content (AvgIpc) is 2.52. The highest BCUT2D eigenvalue weighted by atomic mass is 32.2. The summed E-state index contributed by atoms with van der Waals surface area (Å²) >= 11 is 1.67. The standard InChI is InChI=1S/C16H16O4S/c1-19-15-9-11(3-8-14(15)16(17)18)10-20-12-4-6-13(21-2)7-5-12/h3-9H,10H2,1-2H3,(H,17,18). The summed E-state index contributed by atoms with van der Waals surface area (Å²) in [5, 5.41) is 9.03. The lowest BCUT2D eigenvalue weighted by Gasteiger charge is -2.10. The second kappa shape index (κ2) is 7.04. The highest BCUT2D eigenvalue weighted by Gasteiger charge is 2.11. The Bertz CT molecular complexity index is 623. The van der Waals surface area contributed by atoms with Crippen molar-refractivity contribution in [2.24, 2.45) is 0 Å². The zero-order valence-electron chi connectivity index (χ0n) is 11.8. The van der Waals surface area contributed by atoms with E-state index in [-0.39, 0.29) is 5.56 Å². The second-order valence-electron chi connectivity index (χ2n) is 4.30. The van der Waals surface area contributed by atoms with Gasteiger partial charge in [-0.05, 0) is 48.2 Å². The summed E-state index contributed by atoms with van der Waals surface area (Å²) in [4.78, 5) is 12.2. The van der Waals surface area contributed by atoms with Crippen molar-refractivity contribution in [3.8, 4) is 11.5 Å². The van der Waals surface area contributed by atoms with Gasteiger partial charge in [-0.1, -0.05) is 6.07 Å². The van der Waals surface area contributed by atoms with E-state index in [1.807, 2.05) is 30.5 Å². The monoisotopic (exact) mass is 304 g/mol. The van der Waals surface area contributed by atoms with Gasteiger partial charge < -0.3 is 14.6 Å². The number of carboxylic acid groups (broad SMARTS) is 1. The Labute approximate surface area is 127 Å². The van der Waals surface area contributed by atoms with E-state index in [2.05, 4.69) is 0 Å². The predicted molar refractivity (Wildman–Crippen MR) is 82.5 cm³/mol. The van der Waals surface area contributed by atoms with Crippen LogP contribution in [0, 0.1) is 0 Å². The number of hydrogen-bond acceptors (Lipinski definition) is 4. The maximum atomic E-state index is 11.0. The second-order valence-corrected chi connectivity index (χ2v) is 5.18. The summed E-state index contributed by atoms with van der Waals surface area (Å²) in [7, 11) is 1.45. The normalized spacial score (nSPS) is 10.2. The van der Waals surface area contributed by atoms with Crippen molar-refractivity contribution in [2.75, 3.05) is 13.4 Å². The molecule has 2 rings (SSSR count). The minimum absolute atomic E-state index is 0.144. The summed E-state index contributed by atoms with van der Waals surface area (Å²) < 4.78 is 10.8. The fourth-order valence-electron chi connectivity index (χ4n) is 1.84. The zero-order chi connectivity index (χ0) is 15.2. The molecule has 4 nitrogen and oxygen atoms in total. The number of thioether (sulfide) groups is 1. The Morgan fingerprint density at radius 3 is 2.48 bits per heavy atom. The van der Waals surface area contributed by atoms with E-state index < -0.39 is 5.97 Å². The van der Waals surface area contributed by atoms with E-state index in [1.54, 1.807) is 23.9 Å². The van der Waals surface area contributed by atoms with Crippen LogP contribution >= 0.6 is 11.8 Å². The molecule has 2 aromatic carbocycles. The van der Waals surface area contributed by atoms with E-state index in [9.17, 15) is 4.79 Å². The number of rotatable bonds is 6. The highest BCUT2D eigenvalue weighted by molar-refractivity contribution is 7.98. The van der Waals surface area contributed by atoms with Crippen molar-refractivity contribution >= 4 is 17.7 Å². The molecule has 0 spiro atoms. The SMILES string of the molecule is COc1cc(COc2ccc(SC)cc2)ccc1C(=O)O. The fraction of sp³-hybridized carbons (Fsp3) is 0.188. The van der Waals surface area contributed by atoms with Gasteiger partial charge in [0.25, 0.3) is 0 Å². The highest BCUT2D eigenvalue weighted by Crippen LogP contribution is 2.23. The molecular formula is C16H16O4S. The van der Waals surface area contributed by atoms with E-state index in [0.717, 1.165) is 11.3 Å². The van der Waals surface area contributed by atoms with Crippen molar-refractivity contribution in [3.05, 3.63) is 53.6 Å². The van der Waals surface area contributed by atoms with Gasteiger partial charge in [0.1, 0.15) is 23.7 Å². The lowest BCUT2D eigenvalue weighted by molar-refractivity contribution is 0.0693. The van der Waals surface area contributed by atoms with Gasteiger partial charge in [-0.2, -0.15) is 0 Å². The molecule has 0 amide bonds. The van der Waals surface area contributed by atoms with Crippen LogP contribution in [0.25, 0.3) is 0 Å². The largest absolute Gasteiger partial charge is 0.496 e. The van der Waals surface area contributed by atoms with Crippen molar-refractivity contribution in [3.63, 3.8) is 0 Å². The first kappa shape index (κ1) is 15.3. The summed E-state index contributed by atoms with van der Waals surface area (Å²) in [6, 6.07) is 12.7. The van der Waals surface area contributed by atoms with E-state index in [1.165, 1.54) is 18.1 Å². The van der Waals surface area contributed by atoms with Crippen molar-refractivity contribution in [1.29, 1.82) is 0 Å². The first-order valence-electron chi connectivity index (χ1n) is 6.31. The lowest BCUT2D eigenvalue weighted by atomic mass is 10.1. The van der Waals surface area contributed by atoms with Crippen LogP contribution in [0.4, 0.5) is 0 Å². The molecule has 0 atom stereocenters. The van der Waals surface area contributed by atoms with E-state index in [0.29, 0.717) is 12.4 Å². The van der Waals surface area contributed by atoms with Crippen LogP contribution in [-0.4, -0.2) is 24.4 Å². The van der Waals surface area contributed by atoms with Gasteiger partial charge in [0.15, 0.2) is 0 Å². The number of carbonyl (C=O) groups is 1. The third-order valence-corrected chi connectivity index (χ3v) is 3.70. The number of ether oxygens (including phenoxy) is 2. The zero-order valence-corrected chi connectivity index (χ0v) is 12.6. The molecule has 0 saturated carbocycles. The third kappa shape index (κ3) is 3.92. The molecule has 0 aliphatic rings. The molecule has 1 N–H and O–H groups in total. The molecule has 0 unspecified atom stereocenters. The van der Waals surface area contributed by atoms with Gasteiger partial charge in [-0.25, -0.2) is 4.79 Å². The van der Waals surface area contributed by atoms with Crippen molar-refractivity contribution in [1.82, 2.24) is 0 Å². The van der Waals surface area contributed by atoms with Crippen molar-refractivity contribution in [2.45, 2.75) is 11.5 Å². The quantitative estimate of drug-likeness (QED) is 0.825. The van der Waals surface area contributed by atoms with E-state index >= 15 is 0 Å². The van der Waals surface area contributed by atoms with Gasteiger partial charge in [-0.3, -0.25) is 0 Å². The average molecular weight is 304 g/mol. The molecule has 0 radical (unpaired) electrons. The summed E-state index contributed by atoms with van der Waals surface area (Å²) in [5.41, 5.74) is 0.997. The molecule has 0 saturated heterocycles. The van der Waals surface area contributed by atoms with E-state index in [4.69, 9.17) is 14.6 Å². The van der Waals surface area contributed by atoms with Gasteiger partial charge in [0.2, 0.25) is 0 Å². The van der Waals surface area contributed by atoms with Crippen LogP contribution < -0.4 is 9.47 Å². The van der Waals surface area contributed by atoms with Crippen LogP contribution in [0.5, 0.6) is 11.5 Å². The third-order valence-electron chi connectivity index (χ3n) is 2.96. The molecule has 0 aromatic heterocycles. The van der Waals surface area contributed by atoms with Crippen LogP contribution in [0.3, 0.4) is 0 Å². The predicted octanol–water partition coefficient (Wildman–Crippen LogP) is 3.69. The number of carboxylic acids is 1. The molecule has 2 aromatic rings. The molecule has 0 aliphatic carbocycles. The van der Waals surface area contributed by atoms with Gasteiger partial charge >= 0.3 is 5.97 Å². The first-order valence-corrected chi connectivity index (χ1v) is 7.53. The maximum Gasteiger partial charge on any atom is 0.339 e. The minimum Gasteiger partial charge on any atom is -0.496 e. The van der Waals surface area contributed by atoms with Crippen LogP contribution in [0.1, 0.15) is 15.9 Å². The Morgan fingerprint density at radius 1 is 1.19 bits per heavy atom. The molecule has 110 valence electrons. The molecule has 0 aliphatic heterocycles. The van der Waals surface area contributed by atoms with Crippen LogP contribution in [-0.2, 0) is 6.61 Å². The Hall–Kier alpha value is -2.14. The molecule has 0 fully saturated rings. The maximum absolute atomic E-state index is 11.0. The lowest BCUT2D eigenvalue weighted by Crippen LogP contribution is -2.02. The van der Waals surface area contributed by atoms with Crippen molar-refractivity contribution < 1.29 is 19.4 Å². The summed E-state index contributed by atoms with van der Waals surface area (Å²) in [5.74, 6) is 0.0994. The topological polar surface area (TPSA) is 55.8 Å². The van der Waals surface area contributed by atoms with Gasteiger partial charge in [-0.15, -0.1) is 11.8 Å². The van der Waals surface area contributed by atoms with Gasteiger partial charge in [0.05, 0.1) is 7.11 Å². The first-order chi connectivity index (χ1) is 10.1. The molecule has 0 bridgehead atoms. The van der Waals surface area contributed by atoms with Crippen LogP contribution in [0.2, 0.25) is 0 Å². The number of methoxy groups -OCH3 is 1. The number of aromatic carboxylic acids is 1. The molecule has 0 heterocycles. The summed E-state index contributed by atoms with van der Waals surface area (Å²) in [6.45, 7) is 0.356.